The molecule has 0 bridgehead atoms. The zero-order valence-electron chi connectivity index (χ0n) is 16.4. The van der Waals surface area contributed by atoms with Crippen LogP contribution in [0.15, 0.2) is 60.9 Å². The van der Waals surface area contributed by atoms with E-state index in [1.54, 1.807) is 19.4 Å². The van der Waals surface area contributed by atoms with Crippen molar-refractivity contribution in [2.24, 2.45) is 0 Å². The van der Waals surface area contributed by atoms with Crippen molar-refractivity contribution in [2.45, 2.75) is 32.9 Å². The number of carbonyl (C=O) groups excluding carboxylic acids is 1. The molecule has 0 aliphatic rings. The number of methoxy groups -OCH3 is 1. The van der Waals surface area contributed by atoms with Crippen LogP contribution in [0.4, 0.5) is 0 Å². The highest BCUT2D eigenvalue weighted by Crippen LogP contribution is 2.20. The van der Waals surface area contributed by atoms with Crippen LogP contribution in [0.2, 0.25) is 0 Å². The maximum absolute atomic E-state index is 12.5. The predicted octanol–water partition coefficient (Wildman–Crippen LogP) is 3.66. The highest BCUT2D eigenvalue weighted by Gasteiger charge is 2.18. The Labute approximate surface area is 165 Å². The molecule has 6 nitrogen and oxygen atoms in total. The second kappa shape index (κ2) is 9.08. The first-order valence-corrected chi connectivity index (χ1v) is 9.28. The first-order valence-electron chi connectivity index (χ1n) is 9.28. The van der Waals surface area contributed by atoms with Gasteiger partial charge in [-0.1, -0.05) is 25.1 Å². The van der Waals surface area contributed by atoms with Gasteiger partial charge in [-0.3, -0.25) is 4.79 Å². The Morgan fingerprint density at radius 3 is 2.57 bits per heavy atom. The highest BCUT2D eigenvalue weighted by molar-refractivity contribution is 5.81. The summed E-state index contributed by atoms with van der Waals surface area (Å²) >= 11 is 0. The smallest absolute Gasteiger partial charge is 0.261 e. The van der Waals surface area contributed by atoms with Crippen LogP contribution < -0.4 is 14.8 Å². The van der Waals surface area contributed by atoms with Crippen LogP contribution in [0, 0.1) is 6.92 Å². The van der Waals surface area contributed by atoms with Crippen molar-refractivity contribution in [3.63, 3.8) is 0 Å². The van der Waals surface area contributed by atoms with Crippen molar-refractivity contribution < 1.29 is 14.3 Å². The van der Waals surface area contributed by atoms with Crippen molar-refractivity contribution >= 4 is 5.91 Å². The normalized spacial score (nSPS) is 11.7. The van der Waals surface area contributed by atoms with Gasteiger partial charge in [0.05, 0.1) is 7.11 Å². The predicted molar refractivity (Wildman–Crippen MR) is 108 cm³/mol. The third-order valence-electron chi connectivity index (χ3n) is 4.49. The summed E-state index contributed by atoms with van der Waals surface area (Å²) < 4.78 is 13.0. The minimum atomic E-state index is -0.556. The summed E-state index contributed by atoms with van der Waals surface area (Å²) in [6.07, 6.45) is 3.71. The van der Waals surface area contributed by atoms with Gasteiger partial charge in [-0.2, -0.15) is 0 Å². The van der Waals surface area contributed by atoms with Gasteiger partial charge < -0.3 is 19.4 Å². The van der Waals surface area contributed by atoms with E-state index in [9.17, 15) is 4.79 Å². The van der Waals surface area contributed by atoms with Gasteiger partial charge in [0.1, 0.15) is 17.3 Å². The number of ether oxygens (including phenoxy) is 2. The number of amides is 1. The molecule has 0 unspecified atom stereocenters. The summed E-state index contributed by atoms with van der Waals surface area (Å²) in [4.78, 5) is 16.8. The van der Waals surface area contributed by atoms with E-state index in [2.05, 4.69) is 10.3 Å². The van der Waals surface area contributed by atoms with Crippen molar-refractivity contribution in [1.82, 2.24) is 14.9 Å². The third kappa shape index (κ3) is 4.71. The molecule has 0 aliphatic carbocycles. The fraction of sp³-hybridized carbons (Fsp3) is 0.273. The number of hydrogen-bond acceptors (Lipinski definition) is 4. The van der Waals surface area contributed by atoms with Gasteiger partial charge in [0, 0.05) is 30.7 Å². The van der Waals surface area contributed by atoms with Gasteiger partial charge in [-0.25, -0.2) is 4.98 Å². The summed E-state index contributed by atoms with van der Waals surface area (Å²) in [5, 5.41) is 2.95. The molecule has 1 N–H and O–H groups in total. The first-order chi connectivity index (χ1) is 13.6. The summed E-state index contributed by atoms with van der Waals surface area (Å²) in [6.45, 7) is 4.33. The summed E-state index contributed by atoms with van der Waals surface area (Å²) in [6, 6.07) is 15.3. The average Bonchev–Trinajstić information content (AvgIpc) is 3.16. The van der Waals surface area contributed by atoms with Crippen LogP contribution in [0.1, 0.15) is 24.7 Å². The average molecular weight is 379 g/mol. The third-order valence-corrected chi connectivity index (χ3v) is 4.49. The Morgan fingerprint density at radius 1 is 1.18 bits per heavy atom. The fourth-order valence-electron chi connectivity index (χ4n) is 2.89. The van der Waals surface area contributed by atoms with E-state index < -0.39 is 6.10 Å². The quantitative estimate of drug-likeness (QED) is 0.649. The maximum atomic E-state index is 12.5. The number of aromatic nitrogens is 2. The van der Waals surface area contributed by atoms with Gasteiger partial charge >= 0.3 is 0 Å². The van der Waals surface area contributed by atoms with Crippen LogP contribution in [-0.2, 0) is 11.3 Å². The van der Waals surface area contributed by atoms with Crippen molar-refractivity contribution in [2.75, 3.05) is 7.11 Å². The van der Waals surface area contributed by atoms with Crippen molar-refractivity contribution in [3.05, 3.63) is 72.3 Å². The number of carbonyl (C=O) groups is 1. The molecular formula is C22H25N3O3. The number of rotatable bonds is 8. The molecule has 0 radical (unpaired) electrons. The molecule has 1 aromatic heterocycles. The lowest BCUT2D eigenvalue weighted by molar-refractivity contribution is -0.128. The molecule has 3 rings (SSSR count). The van der Waals surface area contributed by atoms with E-state index in [1.165, 1.54) is 0 Å². The molecule has 146 valence electrons. The van der Waals surface area contributed by atoms with E-state index in [-0.39, 0.29) is 5.91 Å². The van der Waals surface area contributed by atoms with E-state index in [0.29, 0.717) is 24.5 Å². The minimum absolute atomic E-state index is 0.139. The lowest BCUT2D eigenvalue weighted by atomic mass is 10.2. The number of aryl methyl sites for hydroxylation is 1. The summed E-state index contributed by atoms with van der Waals surface area (Å²) in [7, 11) is 1.60. The molecule has 0 spiro atoms. The van der Waals surface area contributed by atoms with Crippen LogP contribution in [0.3, 0.4) is 0 Å². The van der Waals surface area contributed by atoms with Crippen LogP contribution in [0.25, 0.3) is 5.69 Å². The second-order valence-electron chi connectivity index (χ2n) is 6.42. The van der Waals surface area contributed by atoms with E-state index >= 15 is 0 Å². The van der Waals surface area contributed by atoms with E-state index in [1.807, 2.05) is 67.1 Å². The molecule has 1 heterocycles. The molecule has 0 saturated heterocycles. The molecule has 2 aromatic carbocycles. The Bertz CT molecular complexity index is 919. The molecule has 6 heteroatoms. The zero-order chi connectivity index (χ0) is 19.9. The molecule has 28 heavy (non-hydrogen) atoms. The van der Waals surface area contributed by atoms with E-state index in [0.717, 1.165) is 17.1 Å². The minimum Gasteiger partial charge on any atom is -0.497 e. The van der Waals surface area contributed by atoms with E-state index in [4.69, 9.17) is 9.47 Å². The Morgan fingerprint density at radius 2 is 1.93 bits per heavy atom. The lowest BCUT2D eigenvalue weighted by Crippen LogP contribution is -2.37. The summed E-state index contributed by atoms with van der Waals surface area (Å²) in [5.74, 6) is 2.10. The largest absolute Gasteiger partial charge is 0.497 e. The standard InChI is InChI=1S/C22H25N3O3/c1-4-21(28-20-7-5-6-19(14-20)27-3)22(26)24-15-17-8-10-18(11-9-17)25-13-12-23-16(25)2/h5-14,21H,4,15H2,1-3H3,(H,24,26)/t21-/m0/s1. The topological polar surface area (TPSA) is 65.4 Å². The number of imidazole rings is 1. The van der Waals surface area contributed by atoms with Crippen molar-refractivity contribution in [1.29, 1.82) is 0 Å². The number of nitrogens with zero attached hydrogens (tertiary/aromatic N) is 2. The molecule has 0 aliphatic heterocycles. The van der Waals surface area contributed by atoms with Crippen LogP contribution >= 0.6 is 0 Å². The molecule has 1 amide bonds. The van der Waals surface area contributed by atoms with Crippen LogP contribution in [0.5, 0.6) is 11.5 Å². The molecular weight excluding hydrogens is 354 g/mol. The monoisotopic (exact) mass is 379 g/mol. The number of benzene rings is 2. The number of nitrogens with one attached hydrogen (secondary N) is 1. The fourth-order valence-corrected chi connectivity index (χ4v) is 2.89. The Kier molecular flexibility index (Phi) is 6.32. The van der Waals surface area contributed by atoms with Gasteiger partial charge in [-0.05, 0) is 43.2 Å². The highest BCUT2D eigenvalue weighted by atomic mass is 16.5. The Hall–Kier alpha value is -3.28. The first kappa shape index (κ1) is 19.5. The van der Waals surface area contributed by atoms with Gasteiger partial charge in [0.25, 0.3) is 5.91 Å². The SMILES string of the molecule is CC[C@H](Oc1cccc(OC)c1)C(=O)NCc1ccc(-n2ccnc2C)cc1. The van der Waals surface area contributed by atoms with Crippen LogP contribution in [-0.4, -0.2) is 28.7 Å². The lowest BCUT2D eigenvalue weighted by Gasteiger charge is -2.18. The van der Waals surface area contributed by atoms with Gasteiger partial charge in [0.2, 0.25) is 0 Å². The zero-order valence-corrected chi connectivity index (χ0v) is 16.4. The molecule has 3 aromatic rings. The molecule has 0 fully saturated rings. The molecule has 0 saturated carbocycles. The Balaban J connectivity index is 1.58. The summed E-state index contributed by atoms with van der Waals surface area (Å²) in [5.41, 5.74) is 2.06. The van der Waals surface area contributed by atoms with Gasteiger partial charge in [0.15, 0.2) is 6.10 Å². The van der Waals surface area contributed by atoms with Gasteiger partial charge in [-0.15, -0.1) is 0 Å². The van der Waals surface area contributed by atoms with Crippen molar-refractivity contribution in [3.8, 4) is 17.2 Å². The molecule has 1 atom stereocenters. The number of hydrogen-bond donors (Lipinski definition) is 1. The maximum Gasteiger partial charge on any atom is 0.261 e. The second-order valence-corrected chi connectivity index (χ2v) is 6.42.